The summed E-state index contributed by atoms with van der Waals surface area (Å²) < 4.78 is 0. The summed E-state index contributed by atoms with van der Waals surface area (Å²) in [7, 11) is 0. The maximum atomic E-state index is 13.7. The molecule has 0 radical (unpaired) electrons. The SMILES string of the molecule is NC(Cc1ccccc1)C(=O)NC(Cc1c[nH]c2ccccc12)C(=O)NC(CCC(=O)O)C(=O)NC(Cc1cnc[nH]1)C(=O)O. The van der Waals surface area contributed by atoms with E-state index in [4.69, 9.17) is 5.73 Å². The van der Waals surface area contributed by atoms with E-state index in [-0.39, 0.29) is 25.7 Å². The lowest BCUT2D eigenvalue weighted by atomic mass is 10.0. The van der Waals surface area contributed by atoms with Crippen LogP contribution >= 0.6 is 0 Å². The van der Waals surface area contributed by atoms with Crippen LogP contribution in [0.5, 0.6) is 0 Å². The molecule has 0 fully saturated rings. The number of nitrogens with two attached hydrogens (primary N) is 1. The fourth-order valence-corrected chi connectivity index (χ4v) is 4.87. The maximum absolute atomic E-state index is 13.7. The van der Waals surface area contributed by atoms with Crippen LogP contribution in [-0.2, 0) is 43.2 Å². The van der Waals surface area contributed by atoms with E-state index < -0.39 is 60.2 Å². The number of para-hydroxylation sites is 1. The number of carbonyl (C=O) groups is 5. The Morgan fingerprint density at radius 2 is 1.44 bits per heavy atom. The van der Waals surface area contributed by atoms with E-state index in [9.17, 15) is 34.2 Å². The Hall–Kier alpha value is -5.50. The summed E-state index contributed by atoms with van der Waals surface area (Å²) in [5, 5.41) is 27.4. The van der Waals surface area contributed by atoms with Gasteiger partial charge in [0.25, 0.3) is 0 Å². The predicted octanol–water partition coefficient (Wildman–Crippen LogP) is 0.650. The van der Waals surface area contributed by atoms with E-state index >= 15 is 0 Å². The summed E-state index contributed by atoms with van der Waals surface area (Å²) in [6, 6.07) is 11.5. The average molecular weight is 618 g/mol. The number of aliphatic carboxylic acids is 2. The van der Waals surface area contributed by atoms with Crippen molar-refractivity contribution < 1.29 is 34.2 Å². The number of imidazole rings is 1. The van der Waals surface area contributed by atoms with E-state index in [2.05, 4.69) is 30.9 Å². The van der Waals surface area contributed by atoms with E-state index in [1.165, 1.54) is 12.5 Å². The lowest BCUT2D eigenvalue weighted by Gasteiger charge is -2.25. The van der Waals surface area contributed by atoms with Gasteiger partial charge in [-0.2, -0.15) is 0 Å². The van der Waals surface area contributed by atoms with Gasteiger partial charge in [-0.3, -0.25) is 19.2 Å². The summed E-state index contributed by atoms with van der Waals surface area (Å²) in [6.07, 6.45) is 3.77. The number of carboxylic acid groups (broad SMARTS) is 2. The van der Waals surface area contributed by atoms with Crippen LogP contribution in [0.4, 0.5) is 0 Å². The monoisotopic (exact) mass is 617 g/mol. The third-order valence-corrected chi connectivity index (χ3v) is 7.24. The van der Waals surface area contributed by atoms with Crippen molar-refractivity contribution in [1.82, 2.24) is 30.9 Å². The van der Waals surface area contributed by atoms with Crippen molar-refractivity contribution in [3.63, 3.8) is 0 Å². The van der Waals surface area contributed by atoms with E-state index in [1.807, 2.05) is 54.6 Å². The first-order valence-corrected chi connectivity index (χ1v) is 14.3. The Morgan fingerprint density at radius 1 is 0.778 bits per heavy atom. The van der Waals surface area contributed by atoms with Gasteiger partial charge >= 0.3 is 11.9 Å². The van der Waals surface area contributed by atoms with Crippen LogP contribution in [0.1, 0.15) is 29.7 Å². The molecule has 0 aliphatic rings. The minimum Gasteiger partial charge on any atom is -0.481 e. The summed E-state index contributed by atoms with van der Waals surface area (Å²) in [5.74, 6) is -4.82. The van der Waals surface area contributed by atoms with Crippen LogP contribution in [-0.4, -0.2) is 79.0 Å². The summed E-state index contributed by atoms with van der Waals surface area (Å²) in [6.45, 7) is 0. The Labute approximate surface area is 257 Å². The lowest BCUT2D eigenvalue weighted by molar-refractivity contribution is -0.143. The molecule has 0 spiro atoms. The number of aromatic amines is 2. The number of amides is 3. The summed E-state index contributed by atoms with van der Waals surface area (Å²) in [5.41, 5.74) is 8.98. The zero-order valence-electron chi connectivity index (χ0n) is 24.2. The van der Waals surface area contributed by atoms with Crippen molar-refractivity contribution in [2.75, 3.05) is 0 Å². The molecule has 14 heteroatoms. The molecule has 4 rings (SSSR count). The molecule has 2 aromatic carbocycles. The highest BCUT2D eigenvalue weighted by atomic mass is 16.4. The van der Waals surface area contributed by atoms with Crippen LogP contribution in [0.3, 0.4) is 0 Å². The smallest absolute Gasteiger partial charge is 0.326 e. The minimum absolute atomic E-state index is 0.0183. The second-order valence-electron chi connectivity index (χ2n) is 10.6. The van der Waals surface area contributed by atoms with E-state index in [1.54, 1.807) is 6.20 Å². The lowest BCUT2D eigenvalue weighted by Crippen LogP contribution is -2.58. The largest absolute Gasteiger partial charge is 0.481 e. The van der Waals surface area contributed by atoms with Gasteiger partial charge in [0.05, 0.1) is 12.4 Å². The summed E-state index contributed by atoms with van der Waals surface area (Å²) in [4.78, 5) is 73.2. The van der Waals surface area contributed by atoms with Gasteiger partial charge in [-0.05, 0) is 30.0 Å². The Bertz CT molecular complexity index is 1620. The van der Waals surface area contributed by atoms with Gasteiger partial charge in [-0.1, -0.05) is 48.5 Å². The third kappa shape index (κ3) is 9.24. The quantitative estimate of drug-likeness (QED) is 0.0880. The standard InChI is InChI=1S/C31H35N7O7/c32-22(12-18-6-2-1-3-7-18)28(41)37-25(13-19-15-34-23-9-5-4-8-21(19)23)30(43)36-24(10-11-27(39)40)29(42)38-26(31(44)45)14-20-16-33-17-35-20/h1-9,15-17,22,24-26,34H,10-14,32H2,(H,33,35)(H,36,43)(H,37,41)(H,38,42)(H,39,40)(H,44,45). The number of carboxylic acids is 2. The molecule has 9 N–H and O–H groups in total. The number of aromatic nitrogens is 3. The number of hydrogen-bond acceptors (Lipinski definition) is 7. The van der Waals surface area contributed by atoms with Crippen molar-refractivity contribution in [3.8, 4) is 0 Å². The number of fused-ring (bicyclic) bond motifs is 1. The topological polar surface area (TPSA) is 232 Å². The van der Waals surface area contributed by atoms with Crippen molar-refractivity contribution >= 4 is 40.6 Å². The molecular weight excluding hydrogens is 582 g/mol. The molecule has 4 atom stereocenters. The summed E-state index contributed by atoms with van der Waals surface area (Å²) >= 11 is 0. The Balaban J connectivity index is 1.54. The molecule has 3 amide bonds. The predicted molar refractivity (Wildman–Crippen MR) is 163 cm³/mol. The molecular formula is C31H35N7O7. The highest BCUT2D eigenvalue weighted by Gasteiger charge is 2.31. The van der Waals surface area contributed by atoms with Gasteiger partial charge in [0, 0.05) is 48.3 Å². The van der Waals surface area contributed by atoms with Crippen LogP contribution in [0, 0.1) is 0 Å². The third-order valence-electron chi connectivity index (χ3n) is 7.24. The van der Waals surface area contributed by atoms with Crippen molar-refractivity contribution in [2.45, 2.75) is 56.3 Å². The fourth-order valence-electron chi connectivity index (χ4n) is 4.87. The molecule has 0 saturated carbocycles. The molecule has 0 aliphatic heterocycles. The number of hydrogen-bond donors (Lipinski definition) is 8. The first-order valence-electron chi connectivity index (χ1n) is 14.3. The average Bonchev–Trinajstić information content (AvgIpc) is 3.68. The van der Waals surface area contributed by atoms with Crippen LogP contribution in [0.25, 0.3) is 10.9 Å². The van der Waals surface area contributed by atoms with Crippen molar-refractivity contribution in [2.24, 2.45) is 5.73 Å². The molecule has 0 saturated heterocycles. The van der Waals surface area contributed by atoms with Crippen molar-refractivity contribution in [1.29, 1.82) is 0 Å². The van der Waals surface area contributed by atoms with Gasteiger partial charge in [-0.25, -0.2) is 9.78 Å². The molecule has 0 bridgehead atoms. The fraction of sp³-hybridized carbons (Fsp3) is 0.290. The molecule has 4 unspecified atom stereocenters. The molecule has 2 aromatic heterocycles. The Kier molecular flexibility index (Phi) is 11.0. The van der Waals surface area contributed by atoms with E-state index in [0.29, 0.717) is 11.3 Å². The molecule has 2 heterocycles. The first-order chi connectivity index (χ1) is 21.6. The maximum Gasteiger partial charge on any atom is 0.326 e. The highest BCUT2D eigenvalue weighted by molar-refractivity contribution is 5.95. The number of rotatable bonds is 16. The second kappa shape index (κ2) is 15.3. The molecule has 45 heavy (non-hydrogen) atoms. The first kappa shape index (κ1) is 32.4. The van der Waals surface area contributed by atoms with Gasteiger partial charge in [-0.15, -0.1) is 0 Å². The Morgan fingerprint density at radius 3 is 2.13 bits per heavy atom. The van der Waals surface area contributed by atoms with Crippen molar-refractivity contribution in [3.05, 3.63) is 90.1 Å². The number of H-pyrrole nitrogens is 2. The number of nitrogens with zero attached hydrogens (tertiary/aromatic N) is 1. The molecule has 4 aromatic rings. The molecule has 0 aliphatic carbocycles. The van der Waals surface area contributed by atoms with E-state index in [0.717, 1.165) is 16.5 Å². The van der Waals surface area contributed by atoms with Gasteiger partial charge in [0.15, 0.2) is 0 Å². The second-order valence-corrected chi connectivity index (χ2v) is 10.6. The van der Waals surface area contributed by atoms with Gasteiger partial charge in [0.1, 0.15) is 18.1 Å². The van der Waals surface area contributed by atoms with Gasteiger partial charge in [0.2, 0.25) is 17.7 Å². The van der Waals surface area contributed by atoms with Crippen LogP contribution in [0.15, 0.2) is 73.3 Å². The number of nitrogens with one attached hydrogen (secondary N) is 5. The van der Waals surface area contributed by atoms with Gasteiger partial charge < -0.3 is 41.9 Å². The van der Waals surface area contributed by atoms with Crippen LogP contribution in [0.2, 0.25) is 0 Å². The zero-order chi connectivity index (χ0) is 32.3. The normalized spacial score (nSPS) is 13.7. The number of benzene rings is 2. The molecule has 236 valence electrons. The molecule has 14 nitrogen and oxygen atoms in total. The van der Waals surface area contributed by atoms with Crippen LogP contribution < -0.4 is 21.7 Å². The zero-order valence-corrected chi connectivity index (χ0v) is 24.2. The highest BCUT2D eigenvalue weighted by Crippen LogP contribution is 2.19. The number of carbonyl (C=O) groups excluding carboxylic acids is 3. The minimum atomic E-state index is -1.42.